The van der Waals surface area contributed by atoms with Crippen molar-refractivity contribution in [2.24, 2.45) is 0 Å². The van der Waals surface area contributed by atoms with E-state index in [-0.39, 0.29) is 36.7 Å². The minimum Gasteiger partial charge on any atom is -0.457 e. The molecule has 2 saturated heterocycles. The summed E-state index contributed by atoms with van der Waals surface area (Å²) >= 11 is 0. The molecule has 1 atom stereocenters. The van der Waals surface area contributed by atoms with Crippen LogP contribution >= 0.6 is 0 Å². The number of rotatable bonds is 7. The molecule has 178 valence electrons. The molecule has 0 aromatic heterocycles. The fraction of sp³-hybridized carbons (Fsp3) is 0.333. The molecule has 2 aromatic carbocycles. The van der Waals surface area contributed by atoms with Gasteiger partial charge >= 0.3 is 6.09 Å². The van der Waals surface area contributed by atoms with Crippen molar-refractivity contribution in [1.82, 2.24) is 20.4 Å². The molecular formula is C24H26N4O6. The van der Waals surface area contributed by atoms with Gasteiger partial charge in [0.05, 0.1) is 19.1 Å². The van der Waals surface area contributed by atoms with Crippen LogP contribution in [0.25, 0.3) is 0 Å². The van der Waals surface area contributed by atoms with Gasteiger partial charge in [-0.15, -0.1) is 0 Å². The minimum absolute atomic E-state index is 0.0117. The fourth-order valence-electron chi connectivity index (χ4n) is 3.87. The van der Waals surface area contributed by atoms with Gasteiger partial charge in [-0.25, -0.2) is 4.79 Å². The van der Waals surface area contributed by atoms with Crippen LogP contribution in [0.4, 0.5) is 4.79 Å². The zero-order valence-corrected chi connectivity index (χ0v) is 19.0. The summed E-state index contributed by atoms with van der Waals surface area (Å²) in [6.07, 6.45) is -0.143. The van der Waals surface area contributed by atoms with Crippen LogP contribution < -0.4 is 15.4 Å². The van der Waals surface area contributed by atoms with Gasteiger partial charge in [0.2, 0.25) is 5.91 Å². The van der Waals surface area contributed by atoms with E-state index in [4.69, 9.17) is 9.47 Å². The molecule has 10 heteroatoms. The molecule has 2 aromatic rings. The number of carbonyl (C=O) groups excluding carboxylic acids is 4. The van der Waals surface area contributed by atoms with Crippen LogP contribution in [0.5, 0.6) is 11.5 Å². The number of ether oxygens (including phenoxy) is 2. The Balaban J connectivity index is 1.56. The van der Waals surface area contributed by atoms with Crippen LogP contribution in [0, 0.1) is 0 Å². The quantitative estimate of drug-likeness (QED) is 0.642. The van der Waals surface area contributed by atoms with E-state index < -0.39 is 6.09 Å². The van der Waals surface area contributed by atoms with Crippen LogP contribution in [0.2, 0.25) is 0 Å². The lowest BCUT2D eigenvalue weighted by molar-refractivity contribution is -0.126. The number of cyclic esters (lactones) is 1. The number of nitrogens with one attached hydrogen (secondary N) is 2. The van der Waals surface area contributed by atoms with E-state index in [0.717, 1.165) is 0 Å². The van der Waals surface area contributed by atoms with Gasteiger partial charge in [0.25, 0.3) is 11.8 Å². The Morgan fingerprint density at radius 1 is 1.09 bits per heavy atom. The first-order valence-electron chi connectivity index (χ1n) is 10.9. The van der Waals surface area contributed by atoms with Crippen molar-refractivity contribution < 1.29 is 28.7 Å². The van der Waals surface area contributed by atoms with E-state index >= 15 is 0 Å². The van der Waals surface area contributed by atoms with E-state index in [1.54, 1.807) is 66.4 Å². The van der Waals surface area contributed by atoms with Crippen molar-refractivity contribution in [3.05, 3.63) is 59.2 Å². The second-order valence-electron chi connectivity index (χ2n) is 8.21. The Labute approximate surface area is 196 Å². The third-order valence-electron chi connectivity index (χ3n) is 5.78. The average Bonchev–Trinajstić information content (AvgIpc) is 3.38. The smallest absolute Gasteiger partial charge is 0.410 e. The fourth-order valence-corrected chi connectivity index (χ4v) is 3.87. The van der Waals surface area contributed by atoms with Crippen LogP contribution in [0.1, 0.15) is 32.7 Å². The molecule has 0 bridgehead atoms. The Hall–Kier alpha value is -4.08. The topological polar surface area (TPSA) is 117 Å². The molecule has 2 heterocycles. The lowest BCUT2D eigenvalue weighted by atomic mass is 10.1. The average molecular weight is 466 g/mol. The minimum atomic E-state index is -0.405. The van der Waals surface area contributed by atoms with Crippen molar-refractivity contribution in [2.45, 2.75) is 19.0 Å². The van der Waals surface area contributed by atoms with Gasteiger partial charge in [0.15, 0.2) is 0 Å². The molecule has 34 heavy (non-hydrogen) atoms. The van der Waals surface area contributed by atoms with Crippen molar-refractivity contribution in [1.29, 1.82) is 0 Å². The molecule has 0 radical (unpaired) electrons. The molecule has 2 aliphatic heterocycles. The number of carbonyl (C=O) groups is 4. The van der Waals surface area contributed by atoms with Crippen molar-refractivity contribution in [3.8, 4) is 11.5 Å². The summed E-state index contributed by atoms with van der Waals surface area (Å²) in [7, 11) is 3.26. The highest BCUT2D eigenvalue weighted by molar-refractivity contribution is 5.96. The Kier molecular flexibility index (Phi) is 6.67. The number of likely N-dealkylation sites (N-methyl/N-ethyl adjacent to an activating group) is 1. The maximum Gasteiger partial charge on any atom is 0.410 e. The van der Waals surface area contributed by atoms with Crippen LogP contribution in [0.15, 0.2) is 42.5 Å². The highest BCUT2D eigenvalue weighted by Crippen LogP contribution is 2.29. The first-order valence-corrected chi connectivity index (χ1v) is 10.9. The maximum atomic E-state index is 12.9. The summed E-state index contributed by atoms with van der Waals surface area (Å²) in [6, 6.07) is 11.3. The van der Waals surface area contributed by atoms with Gasteiger partial charge < -0.3 is 29.9 Å². The third kappa shape index (κ3) is 5.11. The lowest BCUT2D eigenvalue weighted by Crippen LogP contribution is -2.36. The first-order chi connectivity index (χ1) is 16.3. The molecule has 2 N–H and O–H groups in total. The number of amides is 4. The normalized spacial score (nSPS) is 17.5. The van der Waals surface area contributed by atoms with Crippen LogP contribution in [-0.2, 0) is 16.1 Å². The first kappa shape index (κ1) is 23.1. The zero-order chi connectivity index (χ0) is 24.2. The van der Waals surface area contributed by atoms with Gasteiger partial charge in [0.1, 0.15) is 18.1 Å². The van der Waals surface area contributed by atoms with Crippen molar-refractivity contribution in [2.75, 3.05) is 33.8 Å². The molecule has 0 spiro atoms. The summed E-state index contributed by atoms with van der Waals surface area (Å²) in [6.45, 7) is 1.50. The molecule has 4 amide bonds. The van der Waals surface area contributed by atoms with Crippen molar-refractivity contribution >= 4 is 23.8 Å². The number of hydrogen-bond acceptors (Lipinski definition) is 6. The second kappa shape index (κ2) is 9.82. The summed E-state index contributed by atoms with van der Waals surface area (Å²) < 4.78 is 11.1. The highest BCUT2D eigenvalue weighted by Gasteiger charge is 2.29. The Bertz CT molecular complexity index is 1120. The zero-order valence-electron chi connectivity index (χ0n) is 19.0. The molecule has 1 unspecified atom stereocenters. The Morgan fingerprint density at radius 3 is 2.44 bits per heavy atom. The van der Waals surface area contributed by atoms with Gasteiger partial charge in [-0.05, 0) is 36.4 Å². The molecular weight excluding hydrogens is 440 g/mol. The standard InChI is InChI=1S/C24H26N4O6/c1-25-22(30)15-5-7-19(8-6-15)34-20-11-16(23(31)26-18-12-21(29)27(2)14-18)3-4-17(20)13-28-9-10-33-24(28)32/h3-8,11,18H,9-10,12-14H2,1-2H3,(H,25,30)(H,26,31). The number of benzene rings is 2. The molecule has 10 nitrogen and oxygen atoms in total. The Morgan fingerprint density at radius 2 is 1.82 bits per heavy atom. The van der Waals surface area contributed by atoms with Crippen molar-refractivity contribution in [3.63, 3.8) is 0 Å². The van der Waals surface area contributed by atoms with Gasteiger partial charge in [0, 0.05) is 43.8 Å². The van der Waals surface area contributed by atoms with E-state index in [2.05, 4.69) is 10.6 Å². The van der Waals surface area contributed by atoms with Gasteiger partial charge in [-0.2, -0.15) is 0 Å². The van der Waals surface area contributed by atoms with E-state index in [1.165, 1.54) is 0 Å². The molecule has 0 saturated carbocycles. The van der Waals surface area contributed by atoms with Gasteiger partial charge in [-0.3, -0.25) is 14.4 Å². The van der Waals surface area contributed by atoms with E-state index in [9.17, 15) is 19.2 Å². The summed E-state index contributed by atoms with van der Waals surface area (Å²) in [5, 5.41) is 5.45. The summed E-state index contributed by atoms with van der Waals surface area (Å²) in [4.78, 5) is 51.5. The lowest BCUT2D eigenvalue weighted by Gasteiger charge is -2.18. The van der Waals surface area contributed by atoms with Gasteiger partial charge in [-0.1, -0.05) is 6.07 Å². The molecule has 0 aliphatic carbocycles. The highest BCUT2D eigenvalue weighted by atomic mass is 16.6. The number of hydrogen-bond donors (Lipinski definition) is 2. The predicted molar refractivity (Wildman–Crippen MR) is 122 cm³/mol. The van der Waals surface area contributed by atoms with Crippen LogP contribution in [-0.4, -0.2) is 73.4 Å². The molecule has 2 aliphatic rings. The summed E-state index contributed by atoms with van der Waals surface area (Å²) in [5.74, 6) is 0.329. The third-order valence-corrected chi connectivity index (χ3v) is 5.78. The molecule has 4 rings (SSSR count). The molecule has 2 fully saturated rings. The number of nitrogens with zero attached hydrogens (tertiary/aromatic N) is 2. The van der Waals surface area contributed by atoms with E-state index in [0.29, 0.717) is 47.9 Å². The predicted octanol–water partition coefficient (Wildman–Crippen LogP) is 1.75. The number of likely N-dealkylation sites (tertiary alicyclic amines) is 1. The SMILES string of the molecule is CNC(=O)c1ccc(Oc2cc(C(=O)NC3CC(=O)N(C)C3)ccc2CN2CCOC2=O)cc1. The summed E-state index contributed by atoms with van der Waals surface area (Å²) in [5.41, 5.74) is 1.55. The van der Waals surface area contributed by atoms with E-state index in [1.807, 2.05) is 0 Å². The van der Waals surface area contributed by atoms with Crippen LogP contribution in [0.3, 0.4) is 0 Å². The monoisotopic (exact) mass is 466 g/mol. The second-order valence-corrected chi connectivity index (χ2v) is 8.21. The maximum absolute atomic E-state index is 12.9. The largest absolute Gasteiger partial charge is 0.457 e.